The molecule has 13 heavy (non-hydrogen) atoms. The first kappa shape index (κ1) is 9.25. The van der Waals surface area contributed by atoms with E-state index in [0.717, 1.165) is 5.69 Å². The average molecular weight is 177 g/mol. The minimum Gasteiger partial charge on any atom is -0.370 e. The van der Waals surface area contributed by atoms with Crippen molar-refractivity contribution in [3.63, 3.8) is 0 Å². The maximum Gasteiger partial charge on any atom is 0.193 e. The van der Waals surface area contributed by atoms with Crippen molar-refractivity contribution in [2.75, 3.05) is 11.4 Å². The molecule has 0 aromatic heterocycles. The van der Waals surface area contributed by atoms with Crippen LogP contribution in [0.4, 0.5) is 5.69 Å². The van der Waals surface area contributed by atoms with Gasteiger partial charge in [0, 0.05) is 5.69 Å². The summed E-state index contributed by atoms with van der Waals surface area (Å²) in [6.07, 6.45) is 0.717. The molecule has 0 atom stereocenters. The maximum absolute atomic E-state index is 10.3. The predicted molar refractivity (Wildman–Crippen MR) is 51.8 cm³/mol. The summed E-state index contributed by atoms with van der Waals surface area (Å²) in [7, 11) is 0. The van der Waals surface area contributed by atoms with Crippen LogP contribution in [0.15, 0.2) is 30.3 Å². The van der Waals surface area contributed by atoms with Gasteiger partial charge in [0.15, 0.2) is 5.96 Å². The standard InChI is InChI=1S/C9H11N3O/c10-9(11)12(6-7-13)8-4-2-1-3-5-8/h1-5,7H,6H2,(H3,10,11). The fourth-order valence-corrected chi connectivity index (χ4v) is 1.03. The number of anilines is 1. The van der Waals surface area contributed by atoms with E-state index in [4.69, 9.17) is 11.1 Å². The topological polar surface area (TPSA) is 70.2 Å². The zero-order valence-electron chi connectivity index (χ0n) is 7.10. The van der Waals surface area contributed by atoms with Crippen molar-refractivity contribution < 1.29 is 4.79 Å². The van der Waals surface area contributed by atoms with Crippen LogP contribution in [0.5, 0.6) is 0 Å². The van der Waals surface area contributed by atoms with Crippen LogP contribution in [0, 0.1) is 5.41 Å². The van der Waals surface area contributed by atoms with E-state index in [9.17, 15) is 4.79 Å². The molecular formula is C9H11N3O. The molecule has 1 aromatic carbocycles. The second-order valence-electron chi connectivity index (χ2n) is 2.50. The normalized spacial score (nSPS) is 9.23. The van der Waals surface area contributed by atoms with E-state index < -0.39 is 0 Å². The van der Waals surface area contributed by atoms with E-state index in [1.54, 1.807) is 12.1 Å². The van der Waals surface area contributed by atoms with Crippen LogP contribution in [0.2, 0.25) is 0 Å². The highest BCUT2D eigenvalue weighted by molar-refractivity contribution is 5.94. The monoisotopic (exact) mass is 177 g/mol. The second kappa shape index (κ2) is 4.25. The van der Waals surface area contributed by atoms with E-state index in [1.807, 2.05) is 18.2 Å². The van der Waals surface area contributed by atoms with Gasteiger partial charge in [0.1, 0.15) is 6.29 Å². The Morgan fingerprint density at radius 3 is 2.54 bits per heavy atom. The molecule has 4 heteroatoms. The number of rotatable bonds is 3. The number of aldehydes is 1. The number of para-hydroxylation sites is 1. The zero-order valence-corrected chi connectivity index (χ0v) is 7.10. The van der Waals surface area contributed by atoms with Crippen LogP contribution >= 0.6 is 0 Å². The highest BCUT2D eigenvalue weighted by Gasteiger charge is 2.06. The molecule has 0 bridgehead atoms. The van der Waals surface area contributed by atoms with Crippen molar-refractivity contribution in [3.05, 3.63) is 30.3 Å². The first-order valence-electron chi connectivity index (χ1n) is 3.86. The Morgan fingerprint density at radius 1 is 1.46 bits per heavy atom. The fraction of sp³-hybridized carbons (Fsp3) is 0.111. The first-order valence-corrected chi connectivity index (χ1v) is 3.86. The number of hydrogen-bond acceptors (Lipinski definition) is 2. The molecule has 1 rings (SSSR count). The summed E-state index contributed by atoms with van der Waals surface area (Å²) in [5.41, 5.74) is 6.06. The van der Waals surface area contributed by atoms with Gasteiger partial charge in [-0.2, -0.15) is 0 Å². The van der Waals surface area contributed by atoms with Crippen LogP contribution in [-0.4, -0.2) is 18.8 Å². The van der Waals surface area contributed by atoms with E-state index in [1.165, 1.54) is 4.90 Å². The highest BCUT2D eigenvalue weighted by atomic mass is 16.1. The summed E-state index contributed by atoms with van der Waals surface area (Å²) >= 11 is 0. The van der Waals surface area contributed by atoms with Gasteiger partial charge in [-0.1, -0.05) is 18.2 Å². The average Bonchev–Trinajstić information content (AvgIpc) is 2.15. The van der Waals surface area contributed by atoms with Crippen molar-refractivity contribution in [1.29, 1.82) is 5.41 Å². The van der Waals surface area contributed by atoms with E-state index in [2.05, 4.69) is 0 Å². The van der Waals surface area contributed by atoms with Crippen molar-refractivity contribution in [1.82, 2.24) is 0 Å². The Hall–Kier alpha value is -1.84. The van der Waals surface area contributed by atoms with Gasteiger partial charge in [-0.25, -0.2) is 0 Å². The smallest absolute Gasteiger partial charge is 0.193 e. The van der Waals surface area contributed by atoms with E-state index in [0.29, 0.717) is 6.29 Å². The number of carbonyl (C=O) groups is 1. The van der Waals surface area contributed by atoms with Gasteiger partial charge in [0.2, 0.25) is 0 Å². The zero-order chi connectivity index (χ0) is 9.68. The molecule has 0 unspecified atom stereocenters. The Balaban J connectivity index is 2.88. The van der Waals surface area contributed by atoms with Crippen LogP contribution in [0.1, 0.15) is 0 Å². The Labute approximate surface area is 76.5 Å². The lowest BCUT2D eigenvalue weighted by molar-refractivity contribution is -0.106. The number of nitrogens with two attached hydrogens (primary N) is 1. The Kier molecular flexibility index (Phi) is 3.03. The number of benzene rings is 1. The van der Waals surface area contributed by atoms with Gasteiger partial charge in [-0.05, 0) is 12.1 Å². The van der Waals surface area contributed by atoms with Crippen LogP contribution in [0.25, 0.3) is 0 Å². The summed E-state index contributed by atoms with van der Waals surface area (Å²) in [5, 5.41) is 7.24. The summed E-state index contributed by atoms with van der Waals surface area (Å²) in [4.78, 5) is 11.7. The van der Waals surface area contributed by atoms with Gasteiger partial charge in [-0.15, -0.1) is 0 Å². The molecule has 0 saturated heterocycles. The predicted octanol–water partition coefficient (Wildman–Crippen LogP) is 0.585. The first-order chi connectivity index (χ1) is 6.25. The van der Waals surface area contributed by atoms with Gasteiger partial charge >= 0.3 is 0 Å². The lowest BCUT2D eigenvalue weighted by atomic mass is 10.3. The lowest BCUT2D eigenvalue weighted by Crippen LogP contribution is -2.37. The number of guanidine groups is 1. The van der Waals surface area contributed by atoms with Crippen molar-refractivity contribution in [3.8, 4) is 0 Å². The van der Waals surface area contributed by atoms with Crippen LogP contribution < -0.4 is 10.6 Å². The van der Waals surface area contributed by atoms with E-state index >= 15 is 0 Å². The molecule has 0 radical (unpaired) electrons. The van der Waals surface area contributed by atoms with Gasteiger partial charge in [-0.3, -0.25) is 5.41 Å². The Bertz CT molecular complexity index is 297. The molecular weight excluding hydrogens is 166 g/mol. The van der Waals surface area contributed by atoms with E-state index in [-0.39, 0.29) is 12.5 Å². The fourth-order valence-electron chi connectivity index (χ4n) is 1.03. The number of hydrogen-bond donors (Lipinski definition) is 2. The third kappa shape index (κ3) is 2.30. The SMILES string of the molecule is N=C(N)N(CC=O)c1ccccc1. The molecule has 0 fully saturated rings. The van der Waals surface area contributed by atoms with Crippen molar-refractivity contribution in [2.45, 2.75) is 0 Å². The molecule has 1 aromatic rings. The third-order valence-electron chi connectivity index (χ3n) is 1.62. The number of nitrogens with zero attached hydrogens (tertiary/aromatic N) is 1. The van der Waals surface area contributed by atoms with Gasteiger partial charge in [0.05, 0.1) is 6.54 Å². The van der Waals surface area contributed by atoms with Crippen molar-refractivity contribution in [2.24, 2.45) is 5.73 Å². The largest absolute Gasteiger partial charge is 0.370 e. The molecule has 0 aliphatic carbocycles. The number of nitrogens with one attached hydrogen (secondary N) is 1. The van der Waals surface area contributed by atoms with Crippen molar-refractivity contribution >= 4 is 17.9 Å². The number of carbonyl (C=O) groups excluding carboxylic acids is 1. The summed E-state index contributed by atoms with van der Waals surface area (Å²) < 4.78 is 0. The molecule has 0 saturated carbocycles. The minimum atomic E-state index is -0.127. The summed E-state index contributed by atoms with van der Waals surface area (Å²) in [6, 6.07) is 9.12. The highest BCUT2D eigenvalue weighted by Crippen LogP contribution is 2.10. The van der Waals surface area contributed by atoms with Gasteiger partial charge < -0.3 is 15.4 Å². The molecule has 0 aliphatic heterocycles. The quantitative estimate of drug-likeness (QED) is 0.403. The Morgan fingerprint density at radius 2 is 2.08 bits per heavy atom. The maximum atomic E-state index is 10.3. The summed E-state index contributed by atoms with van der Waals surface area (Å²) in [5.74, 6) is -0.127. The lowest BCUT2D eigenvalue weighted by Gasteiger charge is -2.19. The third-order valence-corrected chi connectivity index (χ3v) is 1.62. The minimum absolute atomic E-state index is 0.110. The molecule has 68 valence electrons. The van der Waals surface area contributed by atoms with Crippen LogP contribution in [-0.2, 0) is 4.79 Å². The summed E-state index contributed by atoms with van der Waals surface area (Å²) in [6.45, 7) is 0.110. The molecule has 0 amide bonds. The molecule has 0 spiro atoms. The van der Waals surface area contributed by atoms with Crippen LogP contribution in [0.3, 0.4) is 0 Å². The second-order valence-corrected chi connectivity index (χ2v) is 2.50. The van der Waals surface area contributed by atoms with Gasteiger partial charge in [0.25, 0.3) is 0 Å². The molecule has 0 heterocycles. The molecule has 3 N–H and O–H groups in total. The molecule has 0 aliphatic rings. The molecule has 4 nitrogen and oxygen atoms in total.